The van der Waals surface area contributed by atoms with Gasteiger partial charge in [-0.1, -0.05) is 5.16 Å². The van der Waals surface area contributed by atoms with Crippen LogP contribution in [0.3, 0.4) is 0 Å². The molecule has 1 aliphatic rings. The molecule has 0 bridgehead atoms. The summed E-state index contributed by atoms with van der Waals surface area (Å²) in [5.74, 6) is 1.34. The van der Waals surface area contributed by atoms with Gasteiger partial charge in [0.15, 0.2) is 5.82 Å². The molecule has 1 aromatic rings. The first-order valence-electron chi connectivity index (χ1n) is 4.97. The van der Waals surface area contributed by atoms with Crippen molar-refractivity contribution < 1.29 is 14.0 Å². The molecule has 0 aromatic carbocycles. The highest BCUT2D eigenvalue weighted by atomic mass is 16.5. The molecule has 0 radical (unpaired) electrons. The molecule has 2 heterocycles. The summed E-state index contributed by atoms with van der Waals surface area (Å²) in [6, 6.07) is -0.324. The highest BCUT2D eigenvalue weighted by Gasteiger charge is 2.25. The lowest BCUT2D eigenvalue weighted by atomic mass is 10.1. The number of methoxy groups -OCH3 is 1. The molecule has 1 aliphatic heterocycles. The summed E-state index contributed by atoms with van der Waals surface area (Å²) in [6.07, 6.45) is 0.932. The molecule has 15 heavy (non-hydrogen) atoms. The number of ether oxygens (including phenoxy) is 2. The fourth-order valence-corrected chi connectivity index (χ4v) is 1.55. The Bertz CT molecular complexity index is 309. The second-order valence-corrected chi connectivity index (χ2v) is 3.61. The van der Waals surface area contributed by atoms with Gasteiger partial charge >= 0.3 is 0 Å². The quantitative estimate of drug-likeness (QED) is 0.770. The van der Waals surface area contributed by atoms with Crippen molar-refractivity contribution in [3.63, 3.8) is 0 Å². The van der Waals surface area contributed by atoms with Gasteiger partial charge in [-0.3, -0.25) is 0 Å². The first-order valence-corrected chi connectivity index (χ1v) is 4.97. The molecule has 2 unspecified atom stereocenters. The van der Waals surface area contributed by atoms with E-state index in [1.54, 1.807) is 7.11 Å². The van der Waals surface area contributed by atoms with Gasteiger partial charge in [0, 0.05) is 13.7 Å². The maximum absolute atomic E-state index is 5.78. The SMILES string of the molecule is COCC(N)c1noc(C2CCOC2)n1. The van der Waals surface area contributed by atoms with Crippen LogP contribution in [0.15, 0.2) is 4.52 Å². The molecule has 2 atom stereocenters. The monoisotopic (exact) mass is 213 g/mol. The normalized spacial score (nSPS) is 23.2. The Kier molecular flexibility index (Phi) is 3.30. The van der Waals surface area contributed by atoms with Gasteiger partial charge in [0.2, 0.25) is 5.89 Å². The minimum absolute atomic E-state index is 0.223. The molecule has 6 nitrogen and oxygen atoms in total. The van der Waals surface area contributed by atoms with Gasteiger partial charge in [0.05, 0.1) is 25.2 Å². The van der Waals surface area contributed by atoms with E-state index in [0.717, 1.165) is 13.0 Å². The maximum atomic E-state index is 5.78. The fourth-order valence-electron chi connectivity index (χ4n) is 1.55. The number of nitrogens with zero attached hydrogens (tertiary/aromatic N) is 2. The molecule has 2 N–H and O–H groups in total. The molecule has 1 saturated heterocycles. The smallest absolute Gasteiger partial charge is 0.232 e. The topological polar surface area (TPSA) is 83.4 Å². The summed E-state index contributed by atoms with van der Waals surface area (Å²) >= 11 is 0. The third kappa shape index (κ3) is 2.34. The van der Waals surface area contributed by atoms with Crippen molar-refractivity contribution in [2.45, 2.75) is 18.4 Å². The average molecular weight is 213 g/mol. The van der Waals surface area contributed by atoms with Crippen molar-refractivity contribution >= 4 is 0 Å². The van der Waals surface area contributed by atoms with Gasteiger partial charge in [-0.2, -0.15) is 4.98 Å². The molecule has 6 heteroatoms. The predicted molar refractivity (Wildman–Crippen MR) is 51.3 cm³/mol. The number of aromatic nitrogens is 2. The molecule has 1 fully saturated rings. The number of rotatable bonds is 4. The van der Waals surface area contributed by atoms with Crippen LogP contribution < -0.4 is 5.73 Å². The molecular weight excluding hydrogens is 198 g/mol. The Balaban J connectivity index is 2.02. The molecule has 0 spiro atoms. The fraction of sp³-hybridized carbons (Fsp3) is 0.778. The van der Waals surface area contributed by atoms with Crippen molar-refractivity contribution in [1.29, 1.82) is 0 Å². The van der Waals surface area contributed by atoms with Crippen LogP contribution in [0.1, 0.15) is 30.1 Å². The van der Waals surface area contributed by atoms with E-state index in [1.807, 2.05) is 0 Å². The van der Waals surface area contributed by atoms with E-state index >= 15 is 0 Å². The summed E-state index contributed by atoms with van der Waals surface area (Å²) in [5, 5.41) is 3.83. The lowest BCUT2D eigenvalue weighted by Gasteiger charge is -2.03. The summed E-state index contributed by atoms with van der Waals surface area (Å²) < 4.78 is 15.3. The van der Waals surface area contributed by atoms with Gasteiger partial charge in [-0.15, -0.1) is 0 Å². The van der Waals surface area contributed by atoms with Crippen molar-refractivity contribution in [3.8, 4) is 0 Å². The molecule has 2 rings (SSSR count). The van der Waals surface area contributed by atoms with Crippen molar-refractivity contribution in [2.75, 3.05) is 26.9 Å². The van der Waals surface area contributed by atoms with Gasteiger partial charge in [0.25, 0.3) is 0 Å². The second kappa shape index (κ2) is 4.69. The van der Waals surface area contributed by atoms with Crippen LogP contribution in [0.5, 0.6) is 0 Å². The van der Waals surface area contributed by atoms with Crippen LogP contribution in [-0.4, -0.2) is 37.1 Å². The van der Waals surface area contributed by atoms with E-state index in [1.165, 1.54) is 0 Å². The lowest BCUT2D eigenvalue weighted by molar-refractivity contribution is 0.176. The lowest BCUT2D eigenvalue weighted by Crippen LogP contribution is -2.17. The minimum atomic E-state index is -0.324. The van der Waals surface area contributed by atoms with Crippen LogP contribution in [0, 0.1) is 0 Å². The molecule has 1 aromatic heterocycles. The van der Waals surface area contributed by atoms with Crippen LogP contribution in [0.4, 0.5) is 0 Å². The van der Waals surface area contributed by atoms with Crippen molar-refractivity contribution in [1.82, 2.24) is 10.1 Å². The molecule has 0 amide bonds. The first-order chi connectivity index (χ1) is 7.31. The average Bonchev–Trinajstić information content (AvgIpc) is 2.89. The minimum Gasteiger partial charge on any atom is -0.383 e. The summed E-state index contributed by atoms with van der Waals surface area (Å²) in [5.41, 5.74) is 5.78. The summed E-state index contributed by atoms with van der Waals surface area (Å²) in [7, 11) is 1.59. The zero-order valence-corrected chi connectivity index (χ0v) is 8.68. The second-order valence-electron chi connectivity index (χ2n) is 3.61. The highest BCUT2D eigenvalue weighted by Crippen LogP contribution is 2.24. The van der Waals surface area contributed by atoms with Gasteiger partial charge in [-0.05, 0) is 6.42 Å². The van der Waals surface area contributed by atoms with E-state index in [9.17, 15) is 0 Å². The van der Waals surface area contributed by atoms with E-state index in [2.05, 4.69) is 10.1 Å². The van der Waals surface area contributed by atoms with E-state index in [-0.39, 0.29) is 12.0 Å². The summed E-state index contributed by atoms with van der Waals surface area (Å²) in [4.78, 5) is 4.25. The Morgan fingerprint density at radius 1 is 1.67 bits per heavy atom. The molecule has 84 valence electrons. The van der Waals surface area contributed by atoms with Crippen LogP contribution in [-0.2, 0) is 9.47 Å². The molecule has 0 saturated carbocycles. The Morgan fingerprint density at radius 2 is 2.53 bits per heavy atom. The standard InChI is InChI=1S/C9H15N3O3/c1-13-5-7(10)8-11-9(15-12-8)6-2-3-14-4-6/h6-7H,2-5,10H2,1H3. The Hall–Kier alpha value is -0.980. The van der Waals surface area contributed by atoms with E-state index in [4.69, 9.17) is 19.7 Å². The van der Waals surface area contributed by atoms with E-state index < -0.39 is 0 Å². The van der Waals surface area contributed by atoms with Crippen LogP contribution >= 0.6 is 0 Å². The van der Waals surface area contributed by atoms with Gasteiger partial charge in [0.1, 0.15) is 0 Å². The third-order valence-corrected chi connectivity index (χ3v) is 2.41. The molecule has 0 aliphatic carbocycles. The van der Waals surface area contributed by atoms with E-state index in [0.29, 0.717) is 24.9 Å². The largest absolute Gasteiger partial charge is 0.383 e. The van der Waals surface area contributed by atoms with Crippen LogP contribution in [0.25, 0.3) is 0 Å². The Labute approximate surface area is 87.7 Å². The summed E-state index contributed by atoms with van der Waals surface area (Å²) in [6.45, 7) is 1.80. The number of hydrogen-bond acceptors (Lipinski definition) is 6. The van der Waals surface area contributed by atoms with Crippen LogP contribution in [0.2, 0.25) is 0 Å². The van der Waals surface area contributed by atoms with Gasteiger partial charge < -0.3 is 19.7 Å². The zero-order chi connectivity index (χ0) is 10.7. The predicted octanol–water partition coefficient (Wildman–Crippen LogP) is 0.220. The number of hydrogen-bond donors (Lipinski definition) is 1. The first kappa shape index (κ1) is 10.5. The highest BCUT2D eigenvalue weighted by molar-refractivity contribution is 4.99. The third-order valence-electron chi connectivity index (χ3n) is 2.41. The Morgan fingerprint density at radius 3 is 3.20 bits per heavy atom. The number of nitrogens with two attached hydrogens (primary N) is 1. The van der Waals surface area contributed by atoms with Crippen molar-refractivity contribution in [2.24, 2.45) is 5.73 Å². The molecular formula is C9H15N3O3. The zero-order valence-electron chi connectivity index (χ0n) is 8.68. The maximum Gasteiger partial charge on any atom is 0.232 e. The van der Waals surface area contributed by atoms with Crippen molar-refractivity contribution in [3.05, 3.63) is 11.7 Å². The van der Waals surface area contributed by atoms with Gasteiger partial charge in [-0.25, -0.2) is 0 Å².